The molecule has 35 heavy (non-hydrogen) atoms. The molecule has 2 aromatic carbocycles. The van der Waals surface area contributed by atoms with Gasteiger partial charge in [0.05, 0.1) is 11.6 Å². The molecule has 1 saturated heterocycles. The summed E-state index contributed by atoms with van der Waals surface area (Å²) in [6, 6.07) is 16.9. The summed E-state index contributed by atoms with van der Waals surface area (Å²) in [6.07, 6.45) is 2.62. The van der Waals surface area contributed by atoms with Gasteiger partial charge in [0.25, 0.3) is 5.91 Å². The van der Waals surface area contributed by atoms with E-state index in [0.717, 1.165) is 31.0 Å². The number of hydrogen-bond donors (Lipinski definition) is 1. The van der Waals surface area contributed by atoms with Crippen LogP contribution in [0.4, 0.5) is 0 Å². The summed E-state index contributed by atoms with van der Waals surface area (Å²) >= 11 is 1.68. The number of nitriles is 1. The van der Waals surface area contributed by atoms with Crippen LogP contribution in [0.5, 0.6) is 0 Å². The Balaban J connectivity index is 1.58. The molecule has 1 aliphatic rings. The number of nitrogens with one attached hydrogen (secondary N) is 1. The minimum atomic E-state index is -0.526. The molecule has 186 valence electrons. The third kappa shape index (κ3) is 7.58. The number of piperazine rings is 1. The summed E-state index contributed by atoms with van der Waals surface area (Å²) in [5.74, 6) is 0.597. The number of carbonyl (C=O) groups excluding carboxylic acids is 2. The molecule has 2 aromatic rings. The molecule has 0 spiro atoms. The van der Waals surface area contributed by atoms with E-state index in [1.165, 1.54) is 5.56 Å². The van der Waals surface area contributed by atoms with Crippen molar-refractivity contribution in [3.05, 3.63) is 70.8 Å². The van der Waals surface area contributed by atoms with Crippen molar-refractivity contribution in [1.29, 1.82) is 5.26 Å². The van der Waals surface area contributed by atoms with Crippen molar-refractivity contribution < 1.29 is 9.59 Å². The molecule has 0 bridgehead atoms. The van der Waals surface area contributed by atoms with E-state index in [4.69, 9.17) is 5.26 Å². The molecular formula is C28H36N4O2S. The van der Waals surface area contributed by atoms with E-state index in [-0.39, 0.29) is 17.2 Å². The molecule has 1 fully saturated rings. The molecule has 2 amide bonds. The Morgan fingerprint density at radius 1 is 1.03 bits per heavy atom. The Hall–Kier alpha value is -2.82. The number of rotatable bonds is 8. The number of thioether (sulfide) groups is 1. The molecule has 1 heterocycles. The van der Waals surface area contributed by atoms with Crippen molar-refractivity contribution in [3.63, 3.8) is 0 Å². The third-order valence-corrected chi connectivity index (χ3v) is 7.04. The Kier molecular flexibility index (Phi) is 9.36. The highest BCUT2D eigenvalue weighted by Gasteiger charge is 2.29. The van der Waals surface area contributed by atoms with Crippen LogP contribution in [0.15, 0.2) is 48.5 Å². The predicted octanol–water partition coefficient (Wildman–Crippen LogP) is 4.05. The first kappa shape index (κ1) is 26.8. The SMILES string of the molecule is CSCC[C@@H](NC(=O)c1ccc(C(C)(C)C)cc1)C(=O)N1CCN(Cc2ccc(C#N)cc2)CC1. The molecule has 0 unspecified atom stereocenters. The zero-order valence-corrected chi connectivity index (χ0v) is 22.0. The summed E-state index contributed by atoms with van der Waals surface area (Å²) in [4.78, 5) is 30.5. The fourth-order valence-electron chi connectivity index (χ4n) is 4.15. The van der Waals surface area contributed by atoms with Crippen molar-refractivity contribution in [2.75, 3.05) is 38.2 Å². The average Bonchev–Trinajstić information content (AvgIpc) is 2.86. The van der Waals surface area contributed by atoms with Crippen molar-refractivity contribution in [2.45, 2.75) is 45.2 Å². The fourth-order valence-corrected chi connectivity index (χ4v) is 4.62. The molecule has 6 nitrogen and oxygen atoms in total. The van der Waals surface area contributed by atoms with Crippen molar-refractivity contribution in [3.8, 4) is 6.07 Å². The second-order valence-electron chi connectivity index (χ2n) is 10.0. The van der Waals surface area contributed by atoms with E-state index >= 15 is 0 Å². The quantitative estimate of drug-likeness (QED) is 0.602. The van der Waals surface area contributed by atoms with Gasteiger partial charge in [-0.15, -0.1) is 0 Å². The molecule has 1 N–H and O–H groups in total. The molecular weight excluding hydrogens is 456 g/mol. The monoisotopic (exact) mass is 492 g/mol. The van der Waals surface area contributed by atoms with Gasteiger partial charge < -0.3 is 10.2 Å². The lowest BCUT2D eigenvalue weighted by atomic mass is 9.86. The maximum absolute atomic E-state index is 13.3. The zero-order valence-electron chi connectivity index (χ0n) is 21.2. The minimum absolute atomic E-state index is 0.00302. The standard InChI is InChI=1S/C28H36N4O2S/c1-28(2,3)24-11-9-23(10-12-24)26(33)30-25(13-18-35-4)27(34)32-16-14-31(15-17-32)20-22-7-5-21(19-29)6-8-22/h5-12,25H,13-18,20H2,1-4H3,(H,30,33)/t25-/m1/s1. The van der Waals surface area contributed by atoms with E-state index in [0.29, 0.717) is 30.6 Å². The second-order valence-corrected chi connectivity index (χ2v) is 11.0. The van der Waals surface area contributed by atoms with Crippen LogP contribution in [-0.4, -0.2) is 65.8 Å². The van der Waals surface area contributed by atoms with Gasteiger partial charge in [0.2, 0.25) is 5.91 Å². The Bertz CT molecular complexity index is 1030. The Morgan fingerprint density at radius 3 is 2.20 bits per heavy atom. The van der Waals surface area contributed by atoms with Crippen LogP contribution >= 0.6 is 11.8 Å². The maximum atomic E-state index is 13.3. The van der Waals surface area contributed by atoms with Crippen LogP contribution in [0, 0.1) is 11.3 Å². The highest BCUT2D eigenvalue weighted by atomic mass is 32.2. The minimum Gasteiger partial charge on any atom is -0.340 e. The first-order valence-corrected chi connectivity index (χ1v) is 13.5. The van der Waals surface area contributed by atoms with Gasteiger partial charge in [-0.05, 0) is 59.2 Å². The lowest BCUT2D eigenvalue weighted by Crippen LogP contribution is -2.54. The van der Waals surface area contributed by atoms with Gasteiger partial charge in [-0.1, -0.05) is 45.0 Å². The lowest BCUT2D eigenvalue weighted by molar-refractivity contribution is -0.135. The molecule has 3 rings (SSSR count). The van der Waals surface area contributed by atoms with E-state index in [1.54, 1.807) is 11.8 Å². The molecule has 0 aromatic heterocycles. The highest BCUT2D eigenvalue weighted by molar-refractivity contribution is 7.98. The molecule has 1 atom stereocenters. The Labute approximate surface area is 213 Å². The van der Waals surface area contributed by atoms with Crippen LogP contribution in [0.3, 0.4) is 0 Å². The molecule has 1 aliphatic heterocycles. The van der Waals surface area contributed by atoms with Gasteiger partial charge >= 0.3 is 0 Å². The van der Waals surface area contributed by atoms with E-state index in [9.17, 15) is 9.59 Å². The predicted molar refractivity (Wildman–Crippen MR) is 142 cm³/mol. The number of hydrogen-bond acceptors (Lipinski definition) is 5. The molecule has 0 aliphatic carbocycles. The summed E-state index contributed by atoms with van der Waals surface area (Å²) < 4.78 is 0. The van der Waals surface area contributed by atoms with Gasteiger partial charge in [0, 0.05) is 38.3 Å². The summed E-state index contributed by atoms with van der Waals surface area (Å²) in [5.41, 5.74) is 3.59. The highest BCUT2D eigenvalue weighted by Crippen LogP contribution is 2.22. The smallest absolute Gasteiger partial charge is 0.251 e. The van der Waals surface area contributed by atoms with Crippen LogP contribution in [-0.2, 0) is 16.8 Å². The van der Waals surface area contributed by atoms with E-state index in [1.807, 2.05) is 59.7 Å². The second kappa shape index (κ2) is 12.2. The summed E-state index contributed by atoms with van der Waals surface area (Å²) in [5, 5.41) is 12.0. The number of nitrogens with zero attached hydrogens (tertiary/aromatic N) is 3. The zero-order chi connectivity index (χ0) is 25.4. The van der Waals surface area contributed by atoms with Crippen LogP contribution in [0.1, 0.15) is 54.2 Å². The maximum Gasteiger partial charge on any atom is 0.251 e. The average molecular weight is 493 g/mol. The number of benzene rings is 2. The molecule has 0 saturated carbocycles. The first-order chi connectivity index (χ1) is 16.7. The summed E-state index contributed by atoms with van der Waals surface area (Å²) in [6.45, 7) is 10.1. The van der Waals surface area contributed by atoms with Crippen LogP contribution in [0.2, 0.25) is 0 Å². The lowest BCUT2D eigenvalue weighted by Gasteiger charge is -2.36. The van der Waals surface area contributed by atoms with Crippen molar-refractivity contribution >= 4 is 23.6 Å². The topological polar surface area (TPSA) is 76.4 Å². The first-order valence-electron chi connectivity index (χ1n) is 12.1. The van der Waals surface area contributed by atoms with Gasteiger partial charge in [0.1, 0.15) is 6.04 Å². The van der Waals surface area contributed by atoms with Gasteiger partial charge in [-0.25, -0.2) is 0 Å². The van der Waals surface area contributed by atoms with Crippen molar-refractivity contribution in [1.82, 2.24) is 15.1 Å². The normalized spacial score (nSPS) is 15.3. The fraction of sp³-hybridized carbons (Fsp3) is 0.464. The van der Waals surface area contributed by atoms with Gasteiger partial charge in [-0.2, -0.15) is 17.0 Å². The Morgan fingerprint density at radius 2 is 1.66 bits per heavy atom. The van der Waals surface area contributed by atoms with Crippen molar-refractivity contribution in [2.24, 2.45) is 0 Å². The van der Waals surface area contributed by atoms with Crippen LogP contribution < -0.4 is 5.32 Å². The summed E-state index contributed by atoms with van der Waals surface area (Å²) in [7, 11) is 0. The van der Waals surface area contributed by atoms with Crippen LogP contribution in [0.25, 0.3) is 0 Å². The van der Waals surface area contributed by atoms with E-state index in [2.05, 4.69) is 37.1 Å². The van der Waals surface area contributed by atoms with Gasteiger partial charge in [0.15, 0.2) is 0 Å². The number of amides is 2. The van der Waals surface area contributed by atoms with Gasteiger partial charge in [-0.3, -0.25) is 14.5 Å². The third-order valence-electron chi connectivity index (χ3n) is 6.40. The number of carbonyl (C=O) groups is 2. The molecule has 0 radical (unpaired) electrons. The largest absolute Gasteiger partial charge is 0.340 e. The molecule has 7 heteroatoms. The van der Waals surface area contributed by atoms with E-state index < -0.39 is 6.04 Å².